The van der Waals surface area contributed by atoms with Crippen molar-refractivity contribution in [1.29, 1.82) is 0 Å². The standard InChI is InChI=1S/C25H25F2NO5S/c1-15-21(29)22(30)23(16-6-4-3-5-7-16)34-28(15)14-17-12-20(27)18(13-19(17)26)25(24(31)32-2)8-10-33-11-9-25/h3-7,12-13,15,23H,8-11,14H2,1-2H3/t15-,23-/m0/s1. The van der Waals surface area contributed by atoms with Crippen molar-refractivity contribution in [2.45, 2.75) is 43.0 Å². The van der Waals surface area contributed by atoms with Crippen molar-refractivity contribution in [2.75, 3.05) is 20.3 Å². The lowest BCUT2D eigenvalue weighted by Gasteiger charge is -2.36. The van der Waals surface area contributed by atoms with Crippen molar-refractivity contribution in [1.82, 2.24) is 4.31 Å². The monoisotopic (exact) mass is 489 g/mol. The van der Waals surface area contributed by atoms with E-state index in [1.165, 1.54) is 7.11 Å². The van der Waals surface area contributed by atoms with Gasteiger partial charge in [0.15, 0.2) is 0 Å². The molecule has 2 heterocycles. The molecule has 2 aliphatic heterocycles. The summed E-state index contributed by atoms with van der Waals surface area (Å²) < 4.78 is 42.4. The van der Waals surface area contributed by atoms with Crippen LogP contribution in [0.15, 0.2) is 42.5 Å². The number of ether oxygens (including phenoxy) is 2. The van der Waals surface area contributed by atoms with Gasteiger partial charge in [-0.1, -0.05) is 42.3 Å². The minimum atomic E-state index is -1.32. The van der Waals surface area contributed by atoms with Crippen LogP contribution < -0.4 is 0 Å². The minimum Gasteiger partial charge on any atom is -0.468 e. The number of hydrogen-bond donors (Lipinski definition) is 0. The number of esters is 1. The summed E-state index contributed by atoms with van der Waals surface area (Å²) in [5.41, 5.74) is -0.674. The average Bonchev–Trinajstić information content (AvgIpc) is 2.86. The lowest BCUT2D eigenvalue weighted by Crippen LogP contribution is -2.45. The first-order chi connectivity index (χ1) is 16.3. The van der Waals surface area contributed by atoms with Crippen LogP contribution in [-0.2, 0) is 35.8 Å². The molecule has 0 radical (unpaired) electrons. The normalized spacial score (nSPS) is 23.1. The zero-order valence-corrected chi connectivity index (χ0v) is 19.7. The Balaban J connectivity index is 1.64. The maximum atomic E-state index is 15.3. The minimum absolute atomic E-state index is 0.0293. The molecule has 0 amide bonds. The molecule has 0 aromatic heterocycles. The van der Waals surface area contributed by atoms with Crippen LogP contribution in [-0.4, -0.2) is 48.2 Å². The SMILES string of the molecule is COC(=O)C1(c2cc(F)c(CN3S[C@@H](c4ccccc4)C(=O)C(=O)[C@@H]3C)cc2F)CCOCC1. The van der Waals surface area contributed by atoms with Crippen molar-refractivity contribution >= 4 is 29.5 Å². The second kappa shape index (κ2) is 9.93. The zero-order chi connectivity index (χ0) is 24.5. The van der Waals surface area contributed by atoms with Crippen LogP contribution in [0.25, 0.3) is 0 Å². The van der Waals surface area contributed by atoms with Crippen LogP contribution in [0.4, 0.5) is 8.78 Å². The predicted molar refractivity (Wildman–Crippen MR) is 122 cm³/mol. The third-order valence-electron chi connectivity index (χ3n) is 6.54. The van der Waals surface area contributed by atoms with Gasteiger partial charge in [-0.25, -0.2) is 13.1 Å². The number of carbonyl (C=O) groups is 3. The summed E-state index contributed by atoms with van der Waals surface area (Å²) >= 11 is 1.14. The smallest absolute Gasteiger partial charge is 0.316 e. The fraction of sp³-hybridized carbons (Fsp3) is 0.400. The predicted octanol–water partition coefficient (Wildman–Crippen LogP) is 3.92. The van der Waals surface area contributed by atoms with E-state index in [9.17, 15) is 14.4 Å². The summed E-state index contributed by atoms with van der Waals surface area (Å²) in [6, 6.07) is 10.2. The van der Waals surface area contributed by atoms with Crippen molar-refractivity contribution in [2.24, 2.45) is 0 Å². The van der Waals surface area contributed by atoms with E-state index < -0.39 is 45.9 Å². The van der Waals surface area contributed by atoms with E-state index in [2.05, 4.69) is 0 Å². The molecule has 0 bridgehead atoms. The Morgan fingerprint density at radius 3 is 2.44 bits per heavy atom. The van der Waals surface area contributed by atoms with E-state index in [-0.39, 0.29) is 43.7 Å². The molecule has 4 rings (SSSR count). The molecule has 2 fully saturated rings. The molecule has 34 heavy (non-hydrogen) atoms. The molecule has 6 nitrogen and oxygen atoms in total. The third-order valence-corrected chi connectivity index (χ3v) is 7.95. The highest BCUT2D eigenvalue weighted by Crippen LogP contribution is 2.41. The fourth-order valence-corrected chi connectivity index (χ4v) is 5.75. The first-order valence-corrected chi connectivity index (χ1v) is 11.8. The number of halogens is 2. The van der Waals surface area contributed by atoms with Crippen molar-refractivity contribution in [3.05, 3.63) is 70.8 Å². The Labute approximate surface area is 200 Å². The fourth-order valence-electron chi connectivity index (χ4n) is 4.50. The Bertz CT molecular complexity index is 1100. The topological polar surface area (TPSA) is 72.9 Å². The molecular weight excluding hydrogens is 464 g/mol. The van der Waals surface area contributed by atoms with Gasteiger partial charge >= 0.3 is 5.97 Å². The molecule has 2 aromatic rings. The van der Waals surface area contributed by atoms with E-state index >= 15 is 8.78 Å². The Morgan fingerprint density at radius 1 is 1.12 bits per heavy atom. The quantitative estimate of drug-likeness (QED) is 0.358. The third kappa shape index (κ3) is 4.39. The van der Waals surface area contributed by atoms with E-state index in [0.717, 1.165) is 24.1 Å². The molecule has 2 saturated heterocycles. The van der Waals surface area contributed by atoms with Gasteiger partial charge in [-0.2, -0.15) is 0 Å². The number of nitrogens with zero attached hydrogens (tertiary/aromatic N) is 1. The average molecular weight is 490 g/mol. The largest absolute Gasteiger partial charge is 0.468 e. The number of Topliss-reactive ketones (excluding diaryl/α,β-unsaturated/α-hetero) is 2. The van der Waals surface area contributed by atoms with Gasteiger partial charge in [0.25, 0.3) is 0 Å². The summed E-state index contributed by atoms with van der Waals surface area (Å²) in [4.78, 5) is 37.8. The molecule has 9 heteroatoms. The molecule has 0 N–H and O–H groups in total. The van der Waals surface area contributed by atoms with Gasteiger partial charge in [0.2, 0.25) is 11.6 Å². The molecule has 2 atom stereocenters. The highest BCUT2D eigenvalue weighted by molar-refractivity contribution is 7.98. The maximum Gasteiger partial charge on any atom is 0.316 e. The summed E-state index contributed by atoms with van der Waals surface area (Å²) in [7, 11) is 1.22. The number of ketones is 2. The summed E-state index contributed by atoms with van der Waals surface area (Å²) in [6.07, 6.45) is 0.369. The van der Waals surface area contributed by atoms with E-state index in [0.29, 0.717) is 5.56 Å². The summed E-state index contributed by atoms with van der Waals surface area (Å²) in [5.74, 6) is -3.13. The lowest BCUT2D eigenvalue weighted by molar-refractivity contribution is -0.151. The van der Waals surface area contributed by atoms with Crippen LogP contribution in [0.5, 0.6) is 0 Å². The zero-order valence-electron chi connectivity index (χ0n) is 18.9. The van der Waals surface area contributed by atoms with Gasteiger partial charge < -0.3 is 9.47 Å². The van der Waals surface area contributed by atoms with Gasteiger partial charge in [0, 0.05) is 30.9 Å². The van der Waals surface area contributed by atoms with Crippen LogP contribution in [0.3, 0.4) is 0 Å². The van der Waals surface area contributed by atoms with Crippen LogP contribution >= 0.6 is 11.9 Å². The van der Waals surface area contributed by atoms with E-state index in [1.807, 2.05) is 6.07 Å². The number of benzene rings is 2. The van der Waals surface area contributed by atoms with Gasteiger partial charge in [0.05, 0.1) is 13.2 Å². The van der Waals surface area contributed by atoms with Crippen molar-refractivity contribution in [3.63, 3.8) is 0 Å². The van der Waals surface area contributed by atoms with Crippen molar-refractivity contribution < 1.29 is 32.6 Å². The Morgan fingerprint density at radius 2 is 1.79 bits per heavy atom. The molecule has 0 aliphatic carbocycles. The summed E-state index contributed by atoms with van der Waals surface area (Å²) in [5, 5.41) is -0.748. The van der Waals surface area contributed by atoms with Gasteiger partial charge in [-0.05, 0) is 37.5 Å². The second-order valence-electron chi connectivity index (χ2n) is 8.49. The Hall–Kier alpha value is -2.62. The molecule has 180 valence electrons. The van der Waals surface area contributed by atoms with Crippen LogP contribution in [0.2, 0.25) is 0 Å². The number of carbonyl (C=O) groups excluding carboxylic acids is 3. The van der Waals surface area contributed by atoms with Gasteiger partial charge in [-0.15, -0.1) is 0 Å². The van der Waals surface area contributed by atoms with Gasteiger partial charge in [0.1, 0.15) is 22.3 Å². The molecule has 2 aliphatic rings. The molecular formula is C25H25F2NO5S. The van der Waals surface area contributed by atoms with Crippen LogP contribution in [0.1, 0.15) is 41.7 Å². The molecule has 2 aromatic carbocycles. The van der Waals surface area contributed by atoms with E-state index in [1.54, 1.807) is 35.5 Å². The van der Waals surface area contributed by atoms with E-state index in [4.69, 9.17) is 9.47 Å². The highest BCUT2D eigenvalue weighted by Gasteiger charge is 2.46. The van der Waals surface area contributed by atoms with Crippen molar-refractivity contribution in [3.8, 4) is 0 Å². The maximum absolute atomic E-state index is 15.3. The summed E-state index contributed by atoms with van der Waals surface area (Å²) in [6.45, 7) is 1.95. The lowest BCUT2D eigenvalue weighted by atomic mass is 9.73. The highest BCUT2D eigenvalue weighted by atomic mass is 32.2. The number of rotatable bonds is 5. The van der Waals surface area contributed by atoms with Crippen LogP contribution in [0, 0.1) is 11.6 Å². The molecule has 0 spiro atoms. The molecule has 0 unspecified atom stereocenters. The first kappa shape index (κ1) is 24.5. The number of hydrogen-bond acceptors (Lipinski definition) is 7. The molecule has 0 saturated carbocycles. The van der Waals surface area contributed by atoms with Gasteiger partial charge in [-0.3, -0.25) is 14.4 Å². The second-order valence-corrected chi connectivity index (χ2v) is 9.64. The first-order valence-electron chi connectivity index (χ1n) is 11.0. The Kier molecular flexibility index (Phi) is 7.16. The number of methoxy groups -OCH3 is 1.